The number of ether oxygens (including phenoxy) is 1. The van der Waals surface area contributed by atoms with E-state index in [0.717, 1.165) is 20.3 Å². The maximum atomic E-state index is 5.68. The number of halogens is 2. The Hall–Kier alpha value is -0.910. The molecule has 0 radical (unpaired) electrons. The molecular weight excluding hydrogens is 348 g/mol. The summed E-state index contributed by atoms with van der Waals surface area (Å²) in [7, 11) is 0. The van der Waals surface area contributed by atoms with Crippen molar-refractivity contribution in [1.29, 1.82) is 0 Å². The van der Waals surface area contributed by atoms with E-state index in [0.29, 0.717) is 12.4 Å². The zero-order chi connectivity index (χ0) is 12.3. The Bertz CT molecular complexity index is 514. The van der Waals surface area contributed by atoms with Crippen molar-refractivity contribution >= 4 is 31.9 Å². The molecule has 0 saturated carbocycles. The summed E-state index contributed by atoms with van der Waals surface area (Å²) >= 11 is 6.72. The summed E-state index contributed by atoms with van der Waals surface area (Å²) in [4.78, 5) is 4.21. The van der Waals surface area contributed by atoms with Crippen LogP contribution in [0.5, 0.6) is 11.6 Å². The minimum absolute atomic E-state index is 0.387. The molecule has 0 saturated heterocycles. The van der Waals surface area contributed by atoms with Crippen LogP contribution in [-0.2, 0) is 6.54 Å². The van der Waals surface area contributed by atoms with Gasteiger partial charge in [0.2, 0.25) is 5.88 Å². The summed E-state index contributed by atoms with van der Waals surface area (Å²) in [6, 6.07) is 9.47. The van der Waals surface area contributed by atoms with Crippen molar-refractivity contribution in [3.63, 3.8) is 0 Å². The highest BCUT2D eigenvalue weighted by Gasteiger charge is 2.06. The third-order valence-corrected chi connectivity index (χ3v) is 3.10. The molecule has 0 spiro atoms. The summed E-state index contributed by atoms with van der Waals surface area (Å²) in [6.07, 6.45) is 1.69. The molecule has 0 aliphatic carbocycles. The van der Waals surface area contributed by atoms with E-state index in [1.807, 2.05) is 30.3 Å². The Balaban J connectivity index is 2.26. The first-order valence-corrected chi connectivity index (χ1v) is 6.55. The van der Waals surface area contributed by atoms with Gasteiger partial charge >= 0.3 is 0 Å². The largest absolute Gasteiger partial charge is 0.439 e. The Kier molecular flexibility index (Phi) is 4.15. The summed E-state index contributed by atoms with van der Waals surface area (Å²) in [6.45, 7) is 0.387. The van der Waals surface area contributed by atoms with Gasteiger partial charge in [-0.1, -0.05) is 15.9 Å². The summed E-state index contributed by atoms with van der Waals surface area (Å²) in [5, 5.41) is 0. The number of pyridine rings is 1. The van der Waals surface area contributed by atoms with Crippen LogP contribution in [0, 0.1) is 0 Å². The number of hydrogen-bond acceptors (Lipinski definition) is 3. The molecular formula is C12H10Br2N2O. The first-order valence-electron chi connectivity index (χ1n) is 4.97. The molecule has 5 heteroatoms. The third-order valence-electron chi connectivity index (χ3n) is 2.14. The summed E-state index contributed by atoms with van der Waals surface area (Å²) in [5.41, 5.74) is 6.51. The van der Waals surface area contributed by atoms with Crippen molar-refractivity contribution in [1.82, 2.24) is 4.98 Å². The van der Waals surface area contributed by atoms with Crippen LogP contribution in [0.25, 0.3) is 0 Å². The maximum Gasteiger partial charge on any atom is 0.223 e. The lowest BCUT2D eigenvalue weighted by molar-refractivity contribution is 0.456. The number of nitrogens with two attached hydrogens (primary N) is 1. The molecule has 0 aliphatic rings. The van der Waals surface area contributed by atoms with E-state index < -0.39 is 0 Å². The van der Waals surface area contributed by atoms with Crippen LogP contribution in [-0.4, -0.2) is 4.98 Å². The normalized spacial score (nSPS) is 10.3. The predicted octanol–water partition coefficient (Wildman–Crippen LogP) is 3.86. The molecule has 2 rings (SSSR count). The fourth-order valence-electron chi connectivity index (χ4n) is 1.32. The lowest BCUT2D eigenvalue weighted by Gasteiger charge is -2.09. The average Bonchev–Trinajstić information content (AvgIpc) is 2.34. The Morgan fingerprint density at radius 2 is 1.82 bits per heavy atom. The van der Waals surface area contributed by atoms with Gasteiger partial charge < -0.3 is 10.5 Å². The highest BCUT2D eigenvalue weighted by atomic mass is 79.9. The quantitative estimate of drug-likeness (QED) is 0.907. The van der Waals surface area contributed by atoms with Gasteiger partial charge in [-0.3, -0.25) is 0 Å². The number of aromatic nitrogens is 1. The average molecular weight is 358 g/mol. The van der Waals surface area contributed by atoms with Gasteiger partial charge in [0.1, 0.15) is 5.75 Å². The summed E-state index contributed by atoms with van der Waals surface area (Å²) < 4.78 is 7.57. The minimum atomic E-state index is 0.387. The molecule has 0 fully saturated rings. The monoisotopic (exact) mass is 356 g/mol. The fraction of sp³-hybridized carbons (Fsp3) is 0.0833. The van der Waals surface area contributed by atoms with Crippen LogP contribution >= 0.6 is 31.9 Å². The van der Waals surface area contributed by atoms with Crippen molar-refractivity contribution in [3.8, 4) is 11.6 Å². The standard InChI is InChI=1S/C12H10Br2N2O/c13-9-1-3-11(4-2-9)17-12-8(6-15)5-10(14)7-16-12/h1-5,7H,6,15H2. The van der Waals surface area contributed by atoms with Gasteiger partial charge in [-0.05, 0) is 46.3 Å². The fourth-order valence-corrected chi connectivity index (χ4v) is 1.96. The molecule has 0 aliphatic heterocycles. The van der Waals surface area contributed by atoms with E-state index >= 15 is 0 Å². The maximum absolute atomic E-state index is 5.68. The van der Waals surface area contributed by atoms with E-state index in [1.165, 1.54) is 0 Å². The van der Waals surface area contributed by atoms with Crippen LogP contribution in [0.3, 0.4) is 0 Å². The SMILES string of the molecule is NCc1cc(Br)cnc1Oc1ccc(Br)cc1. The van der Waals surface area contributed by atoms with Gasteiger partial charge in [0.05, 0.1) is 0 Å². The van der Waals surface area contributed by atoms with Crippen LogP contribution < -0.4 is 10.5 Å². The molecule has 2 aromatic rings. The molecule has 0 unspecified atom stereocenters. The zero-order valence-electron chi connectivity index (χ0n) is 8.86. The Morgan fingerprint density at radius 3 is 2.47 bits per heavy atom. The third kappa shape index (κ3) is 3.28. The van der Waals surface area contributed by atoms with Crippen molar-refractivity contribution in [2.45, 2.75) is 6.54 Å². The van der Waals surface area contributed by atoms with Crippen LogP contribution in [0.15, 0.2) is 45.5 Å². The van der Waals surface area contributed by atoms with Gasteiger partial charge in [-0.25, -0.2) is 4.98 Å². The Labute approximate surface area is 116 Å². The van der Waals surface area contributed by atoms with Crippen LogP contribution in [0.1, 0.15) is 5.56 Å². The molecule has 1 aromatic carbocycles. The van der Waals surface area contributed by atoms with Gasteiger partial charge in [0, 0.05) is 27.3 Å². The van der Waals surface area contributed by atoms with Gasteiger partial charge in [-0.2, -0.15) is 0 Å². The van der Waals surface area contributed by atoms with Gasteiger partial charge in [-0.15, -0.1) is 0 Å². The molecule has 1 heterocycles. The van der Waals surface area contributed by atoms with E-state index in [9.17, 15) is 0 Å². The van der Waals surface area contributed by atoms with Crippen molar-refractivity contribution < 1.29 is 4.74 Å². The van der Waals surface area contributed by atoms with E-state index in [2.05, 4.69) is 36.8 Å². The summed E-state index contributed by atoms with van der Waals surface area (Å²) in [5.74, 6) is 1.27. The lowest BCUT2D eigenvalue weighted by Crippen LogP contribution is -2.01. The molecule has 0 amide bonds. The molecule has 17 heavy (non-hydrogen) atoms. The minimum Gasteiger partial charge on any atom is -0.439 e. The molecule has 0 bridgehead atoms. The smallest absolute Gasteiger partial charge is 0.223 e. The molecule has 2 N–H and O–H groups in total. The first kappa shape index (κ1) is 12.5. The lowest BCUT2D eigenvalue weighted by atomic mass is 10.3. The van der Waals surface area contributed by atoms with E-state index in [1.54, 1.807) is 6.20 Å². The van der Waals surface area contributed by atoms with Crippen LogP contribution in [0.2, 0.25) is 0 Å². The van der Waals surface area contributed by atoms with Crippen molar-refractivity contribution in [2.75, 3.05) is 0 Å². The second-order valence-electron chi connectivity index (χ2n) is 3.38. The number of benzene rings is 1. The second kappa shape index (κ2) is 5.62. The van der Waals surface area contributed by atoms with Crippen LogP contribution in [0.4, 0.5) is 0 Å². The van der Waals surface area contributed by atoms with Crippen molar-refractivity contribution in [2.24, 2.45) is 5.73 Å². The highest BCUT2D eigenvalue weighted by Crippen LogP contribution is 2.26. The molecule has 88 valence electrons. The second-order valence-corrected chi connectivity index (χ2v) is 5.21. The molecule has 3 nitrogen and oxygen atoms in total. The van der Waals surface area contributed by atoms with Gasteiger partial charge in [0.25, 0.3) is 0 Å². The number of rotatable bonds is 3. The first-order chi connectivity index (χ1) is 8.19. The molecule has 1 aromatic heterocycles. The predicted molar refractivity (Wildman–Crippen MR) is 74.0 cm³/mol. The zero-order valence-corrected chi connectivity index (χ0v) is 12.0. The number of hydrogen-bond donors (Lipinski definition) is 1. The van der Waals surface area contributed by atoms with E-state index in [4.69, 9.17) is 10.5 Å². The van der Waals surface area contributed by atoms with Gasteiger partial charge in [0.15, 0.2) is 0 Å². The topological polar surface area (TPSA) is 48.1 Å². The molecule has 0 atom stereocenters. The highest BCUT2D eigenvalue weighted by molar-refractivity contribution is 9.10. The number of nitrogens with zero attached hydrogens (tertiary/aromatic N) is 1. The van der Waals surface area contributed by atoms with E-state index in [-0.39, 0.29) is 0 Å². The van der Waals surface area contributed by atoms with Crippen molar-refractivity contribution in [3.05, 3.63) is 51.0 Å². The Morgan fingerprint density at radius 1 is 1.12 bits per heavy atom.